The van der Waals surface area contributed by atoms with E-state index in [0.717, 1.165) is 32.1 Å². The summed E-state index contributed by atoms with van der Waals surface area (Å²) in [4.78, 5) is 34.6. The largest absolute Gasteiger partial charge is 0.451 e. The van der Waals surface area contributed by atoms with Gasteiger partial charge in [-0.15, -0.1) is 0 Å². The molecule has 2 aliphatic rings. The van der Waals surface area contributed by atoms with Gasteiger partial charge < -0.3 is 4.74 Å². The van der Waals surface area contributed by atoms with Gasteiger partial charge in [0.15, 0.2) is 11.9 Å². The van der Waals surface area contributed by atoms with Gasteiger partial charge in [0.2, 0.25) is 0 Å². The number of nitrogens with zero attached hydrogens (tertiary/aromatic N) is 1. The molecule has 1 aromatic rings. The highest BCUT2D eigenvalue weighted by Gasteiger charge is 2.50. The van der Waals surface area contributed by atoms with E-state index >= 15 is 0 Å². The van der Waals surface area contributed by atoms with Crippen LogP contribution in [0.5, 0.6) is 0 Å². The highest BCUT2D eigenvalue weighted by Crippen LogP contribution is 2.48. The minimum atomic E-state index is -0.666. The predicted molar refractivity (Wildman–Crippen MR) is 77.4 cm³/mol. The lowest BCUT2D eigenvalue weighted by Crippen LogP contribution is -2.31. The lowest BCUT2D eigenvalue weighted by Gasteiger charge is -2.20. The highest BCUT2D eigenvalue weighted by atomic mass is 16.6. The van der Waals surface area contributed by atoms with Crippen LogP contribution < -0.4 is 0 Å². The second kappa shape index (κ2) is 5.51. The van der Waals surface area contributed by atoms with Gasteiger partial charge in [0, 0.05) is 17.5 Å². The third kappa shape index (κ3) is 2.49. The van der Waals surface area contributed by atoms with E-state index in [2.05, 4.69) is 0 Å². The Hall–Kier alpha value is -2.24. The maximum absolute atomic E-state index is 12.5. The second-order valence-electron chi connectivity index (χ2n) is 6.09. The lowest BCUT2D eigenvalue weighted by molar-refractivity contribution is -0.384. The Morgan fingerprint density at radius 1 is 1.18 bits per heavy atom. The molecule has 0 N–H and O–H groups in total. The number of carbonyl (C=O) groups excluding carboxylic acids is 2. The van der Waals surface area contributed by atoms with E-state index in [9.17, 15) is 19.7 Å². The van der Waals surface area contributed by atoms with E-state index < -0.39 is 17.0 Å². The van der Waals surface area contributed by atoms with Gasteiger partial charge >= 0.3 is 5.97 Å². The fourth-order valence-corrected chi connectivity index (χ4v) is 3.58. The SMILES string of the molecule is O=C(OC1CCC2(CCCC2)C1=O)c1ccc([N+](=O)[O-])cc1. The number of rotatable bonds is 3. The van der Waals surface area contributed by atoms with Crippen LogP contribution in [0.2, 0.25) is 0 Å². The summed E-state index contributed by atoms with van der Waals surface area (Å²) >= 11 is 0. The molecule has 2 fully saturated rings. The number of benzene rings is 1. The molecule has 0 heterocycles. The van der Waals surface area contributed by atoms with Gasteiger partial charge in [0.25, 0.3) is 5.69 Å². The molecule has 0 saturated heterocycles. The summed E-state index contributed by atoms with van der Waals surface area (Å²) < 4.78 is 5.34. The highest BCUT2D eigenvalue weighted by molar-refractivity contribution is 5.96. The maximum atomic E-state index is 12.5. The average Bonchev–Trinajstić information content (AvgIpc) is 3.11. The second-order valence-corrected chi connectivity index (χ2v) is 6.09. The molecule has 6 nitrogen and oxygen atoms in total. The summed E-state index contributed by atoms with van der Waals surface area (Å²) in [6.07, 6.45) is 4.64. The number of non-ortho nitro benzene ring substituents is 1. The van der Waals surface area contributed by atoms with E-state index in [4.69, 9.17) is 4.74 Å². The standard InChI is InChI=1S/C16H17NO5/c18-14-13(7-10-16(14)8-1-2-9-16)22-15(19)11-3-5-12(6-4-11)17(20)21/h3-6,13H,1-2,7-10H2. The zero-order chi connectivity index (χ0) is 15.7. The van der Waals surface area contributed by atoms with Crippen molar-refractivity contribution in [1.29, 1.82) is 0 Å². The van der Waals surface area contributed by atoms with Crippen LogP contribution in [0, 0.1) is 15.5 Å². The quantitative estimate of drug-likeness (QED) is 0.486. The first-order valence-electron chi connectivity index (χ1n) is 7.52. The molecule has 2 saturated carbocycles. The molecule has 2 aliphatic carbocycles. The van der Waals surface area contributed by atoms with E-state index in [-0.39, 0.29) is 22.4 Å². The number of esters is 1. The molecule has 1 atom stereocenters. The van der Waals surface area contributed by atoms with Crippen molar-refractivity contribution in [1.82, 2.24) is 0 Å². The van der Waals surface area contributed by atoms with Crippen LogP contribution in [-0.2, 0) is 9.53 Å². The van der Waals surface area contributed by atoms with Gasteiger partial charge in [0.1, 0.15) is 0 Å². The van der Waals surface area contributed by atoms with Crippen LogP contribution in [0.25, 0.3) is 0 Å². The molecular weight excluding hydrogens is 286 g/mol. The molecule has 1 unspecified atom stereocenters. The number of hydrogen-bond donors (Lipinski definition) is 0. The van der Waals surface area contributed by atoms with Gasteiger partial charge in [-0.05, 0) is 37.8 Å². The first-order chi connectivity index (χ1) is 10.5. The molecule has 22 heavy (non-hydrogen) atoms. The van der Waals surface area contributed by atoms with E-state index in [1.807, 2.05) is 0 Å². The van der Waals surface area contributed by atoms with Crippen molar-refractivity contribution in [2.45, 2.75) is 44.6 Å². The summed E-state index contributed by atoms with van der Waals surface area (Å²) in [5.41, 5.74) is -0.121. The van der Waals surface area contributed by atoms with Crippen molar-refractivity contribution in [3.63, 3.8) is 0 Å². The molecule has 0 bridgehead atoms. The fraction of sp³-hybridized carbons (Fsp3) is 0.500. The summed E-state index contributed by atoms with van der Waals surface area (Å²) in [5, 5.41) is 10.6. The number of ether oxygens (including phenoxy) is 1. The third-order valence-electron chi connectivity index (χ3n) is 4.82. The average molecular weight is 303 g/mol. The number of nitro groups is 1. The van der Waals surface area contributed by atoms with Gasteiger partial charge in [0.05, 0.1) is 10.5 Å². The first-order valence-corrected chi connectivity index (χ1v) is 7.52. The van der Waals surface area contributed by atoms with Crippen molar-refractivity contribution in [3.05, 3.63) is 39.9 Å². The van der Waals surface area contributed by atoms with Crippen molar-refractivity contribution in [3.8, 4) is 0 Å². The predicted octanol–water partition coefficient (Wildman–Crippen LogP) is 3.04. The van der Waals surface area contributed by atoms with Crippen LogP contribution in [0.3, 0.4) is 0 Å². The van der Waals surface area contributed by atoms with Crippen LogP contribution in [-0.4, -0.2) is 22.8 Å². The van der Waals surface area contributed by atoms with Gasteiger partial charge in [-0.3, -0.25) is 14.9 Å². The Balaban J connectivity index is 1.67. The Labute approximate surface area is 127 Å². The van der Waals surface area contributed by atoms with Crippen LogP contribution >= 0.6 is 0 Å². The molecule has 6 heteroatoms. The third-order valence-corrected chi connectivity index (χ3v) is 4.82. The van der Waals surface area contributed by atoms with Crippen LogP contribution in [0.1, 0.15) is 48.9 Å². The van der Waals surface area contributed by atoms with Crippen LogP contribution in [0.4, 0.5) is 5.69 Å². The number of nitro benzene ring substituents is 1. The Morgan fingerprint density at radius 2 is 1.82 bits per heavy atom. The molecule has 0 aromatic heterocycles. The number of ketones is 1. The monoisotopic (exact) mass is 303 g/mol. The molecule has 116 valence electrons. The molecule has 1 spiro atoms. The van der Waals surface area contributed by atoms with Gasteiger partial charge in [-0.2, -0.15) is 0 Å². The first kappa shape index (κ1) is 14.7. The maximum Gasteiger partial charge on any atom is 0.338 e. The number of Topliss-reactive ketones (excluding diaryl/α,β-unsaturated/α-hetero) is 1. The minimum absolute atomic E-state index is 0.0558. The van der Waals surface area contributed by atoms with Crippen molar-refractivity contribution >= 4 is 17.4 Å². The molecule has 3 rings (SSSR count). The molecular formula is C16H17NO5. The van der Waals surface area contributed by atoms with E-state index in [1.54, 1.807) is 0 Å². The zero-order valence-corrected chi connectivity index (χ0v) is 12.1. The Bertz CT molecular complexity index is 616. The van der Waals surface area contributed by atoms with Crippen LogP contribution in [0.15, 0.2) is 24.3 Å². The molecule has 1 aromatic carbocycles. The Morgan fingerprint density at radius 3 is 2.41 bits per heavy atom. The van der Waals surface area contributed by atoms with Crippen molar-refractivity contribution in [2.24, 2.45) is 5.41 Å². The summed E-state index contributed by atoms with van der Waals surface area (Å²) in [5.74, 6) is -0.538. The smallest absolute Gasteiger partial charge is 0.338 e. The van der Waals surface area contributed by atoms with Crippen molar-refractivity contribution < 1.29 is 19.2 Å². The Kier molecular flexibility index (Phi) is 3.68. The fourth-order valence-electron chi connectivity index (χ4n) is 3.58. The van der Waals surface area contributed by atoms with Gasteiger partial charge in [-0.1, -0.05) is 12.8 Å². The minimum Gasteiger partial charge on any atom is -0.451 e. The number of hydrogen-bond acceptors (Lipinski definition) is 5. The zero-order valence-electron chi connectivity index (χ0n) is 12.1. The normalized spacial score (nSPS) is 22.9. The van der Waals surface area contributed by atoms with Crippen molar-refractivity contribution in [2.75, 3.05) is 0 Å². The van der Waals surface area contributed by atoms with Gasteiger partial charge in [-0.25, -0.2) is 4.79 Å². The summed E-state index contributed by atoms with van der Waals surface area (Å²) in [6, 6.07) is 5.22. The summed E-state index contributed by atoms with van der Waals surface area (Å²) in [7, 11) is 0. The molecule has 0 aliphatic heterocycles. The van der Waals surface area contributed by atoms with E-state index in [0.29, 0.717) is 6.42 Å². The lowest BCUT2D eigenvalue weighted by atomic mass is 9.83. The molecule has 0 amide bonds. The molecule has 0 radical (unpaired) electrons. The number of carbonyl (C=O) groups is 2. The summed E-state index contributed by atoms with van der Waals surface area (Å²) in [6.45, 7) is 0. The van der Waals surface area contributed by atoms with E-state index in [1.165, 1.54) is 24.3 Å². The topological polar surface area (TPSA) is 86.5 Å².